The number of rotatable bonds is 9. The van der Waals surface area contributed by atoms with E-state index in [-0.39, 0.29) is 24.5 Å². The summed E-state index contributed by atoms with van der Waals surface area (Å²) >= 11 is 0. The van der Waals surface area contributed by atoms with E-state index in [4.69, 9.17) is 14.5 Å². The lowest BCUT2D eigenvalue weighted by atomic mass is 10.1. The number of morpholine rings is 1. The number of alkyl halides is 3. The second kappa shape index (κ2) is 10.2. The highest BCUT2D eigenvalue weighted by atomic mass is 19.4. The number of carbonyl (C=O) groups excluding carboxylic acids is 1. The van der Waals surface area contributed by atoms with Crippen LogP contribution in [0.25, 0.3) is 10.9 Å². The third-order valence-corrected chi connectivity index (χ3v) is 6.60. The first-order valence-corrected chi connectivity index (χ1v) is 12.0. The lowest BCUT2D eigenvalue weighted by Gasteiger charge is -2.34. The molecule has 1 N–H and O–H groups in total. The molecule has 2 aromatic heterocycles. The van der Waals surface area contributed by atoms with Gasteiger partial charge >= 0.3 is 6.18 Å². The van der Waals surface area contributed by atoms with Crippen LogP contribution in [0.4, 0.5) is 13.2 Å². The van der Waals surface area contributed by atoms with Crippen LogP contribution in [0.5, 0.6) is 0 Å². The van der Waals surface area contributed by atoms with Gasteiger partial charge in [0, 0.05) is 50.5 Å². The second-order valence-corrected chi connectivity index (χ2v) is 9.02. The molecule has 1 aliphatic heterocycles. The van der Waals surface area contributed by atoms with Crippen molar-refractivity contribution in [3.05, 3.63) is 29.2 Å². The maximum absolute atomic E-state index is 13.9. The molecule has 2 aliphatic rings. The summed E-state index contributed by atoms with van der Waals surface area (Å²) in [6.45, 7) is 5.98. The van der Waals surface area contributed by atoms with Gasteiger partial charge in [-0.2, -0.15) is 13.2 Å². The average molecular weight is 483 g/mol. The average Bonchev–Trinajstić information content (AvgIpc) is 3.58. The number of pyridine rings is 1. The summed E-state index contributed by atoms with van der Waals surface area (Å²) < 4.78 is 53.8. The molecule has 34 heavy (non-hydrogen) atoms. The topological polar surface area (TPSA) is 68.6 Å². The summed E-state index contributed by atoms with van der Waals surface area (Å²) in [4.78, 5) is 19.9. The summed E-state index contributed by atoms with van der Waals surface area (Å²) in [6, 6.07) is 2.66. The van der Waals surface area contributed by atoms with Crippen LogP contribution in [-0.2, 0) is 33.4 Å². The number of nitrogens with one attached hydrogen (secondary N) is 1. The number of aryl methyl sites for hydroxylation is 2. The third kappa shape index (κ3) is 5.08. The van der Waals surface area contributed by atoms with Crippen molar-refractivity contribution in [1.29, 1.82) is 0 Å². The SMILES string of the molecule is CCc1nc(C(C)N(C(=O)C2CNCCO2)C2CC2)cc2c1cc(C(F)(F)F)n2CCCOC. The molecule has 0 aromatic carbocycles. The molecule has 0 bridgehead atoms. The quantitative estimate of drug-likeness (QED) is 0.552. The zero-order valence-corrected chi connectivity index (χ0v) is 20.0. The van der Waals surface area contributed by atoms with Crippen LogP contribution >= 0.6 is 0 Å². The minimum absolute atomic E-state index is 0.0893. The van der Waals surface area contributed by atoms with Crippen LogP contribution < -0.4 is 5.32 Å². The fourth-order valence-corrected chi connectivity index (χ4v) is 4.74. The molecular weight excluding hydrogens is 449 g/mol. The van der Waals surface area contributed by atoms with Crippen LogP contribution in [0.2, 0.25) is 0 Å². The molecule has 3 heterocycles. The van der Waals surface area contributed by atoms with Gasteiger partial charge in [-0.25, -0.2) is 0 Å². The number of carbonyl (C=O) groups is 1. The largest absolute Gasteiger partial charge is 0.431 e. The standard InChI is InChI=1S/C24H33F3N4O3/c1-4-18-17-12-22(24(25,26)27)30(9-5-10-33-3)20(17)13-19(29-18)15(2)31(16-6-7-16)23(32)21-14-28-8-11-34-21/h12-13,15-16,21,28H,4-11,14H2,1-3H3. The molecule has 0 radical (unpaired) electrons. The highest BCUT2D eigenvalue weighted by molar-refractivity contribution is 5.85. The lowest BCUT2D eigenvalue weighted by Crippen LogP contribution is -2.50. The number of amides is 1. The molecule has 1 saturated heterocycles. The monoisotopic (exact) mass is 482 g/mol. The Morgan fingerprint density at radius 2 is 2.15 bits per heavy atom. The van der Waals surface area contributed by atoms with Gasteiger partial charge in [0.25, 0.3) is 5.91 Å². The van der Waals surface area contributed by atoms with Gasteiger partial charge in [0.2, 0.25) is 0 Å². The Balaban J connectivity index is 1.75. The van der Waals surface area contributed by atoms with Gasteiger partial charge in [-0.3, -0.25) is 9.78 Å². The maximum Gasteiger partial charge on any atom is 0.431 e. The smallest absolute Gasteiger partial charge is 0.385 e. The second-order valence-electron chi connectivity index (χ2n) is 9.02. The van der Waals surface area contributed by atoms with E-state index in [0.717, 1.165) is 12.8 Å². The lowest BCUT2D eigenvalue weighted by molar-refractivity contribution is -0.148. The number of hydrogen-bond acceptors (Lipinski definition) is 5. The van der Waals surface area contributed by atoms with E-state index in [0.29, 0.717) is 61.4 Å². The van der Waals surface area contributed by atoms with E-state index >= 15 is 0 Å². The van der Waals surface area contributed by atoms with Crippen molar-refractivity contribution in [3.63, 3.8) is 0 Å². The van der Waals surface area contributed by atoms with Gasteiger partial charge in [-0.05, 0) is 44.7 Å². The minimum Gasteiger partial charge on any atom is -0.385 e. The van der Waals surface area contributed by atoms with Crippen LogP contribution in [0.1, 0.15) is 56.2 Å². The van der Waals surface area contributed by atoms with Crippen molar-refractivity contribution >= 4 is 16.8 Å². The predicted molar refractivity (Wildman–Crippen MR) is 121 cm³/mol. The van der Waals surface area contributed by atoms with Crippen molar-refractivity contribution in [3.8, 4) is 0 Å². The first-order valence-electron chi connectivity index (χ1n) is 12.0. The Hall–Kier alpha value is -2.17. The highest BCUT2D eigenvalue weighted by Crippen LogP contribution is 2.39. The van der Waals surface area contributed by atoms with Crippen molar-refractivity contribution in [2.75, 3.05) is 33.4 Å². The number of aromatic nitrogens is 2. The third-order valence-electron chi connectivity index (χ3n) is 6.60. The van der Waals surface area contributed by atoms with Gasteiger partial charge < -0.3 is 24.3 Å². The number of halogens is 3. The van der Waals surface area contributed by atoms with Crippen LogP contribution in [0.3, 0.4) is 0 Å². The summed E-state index contributed by atoms with van der Waals surface area (Å²) in [6.07, 6.45) is -2.28. The van der Waals surface area contributed by atoms with Crippen molar-refractivity contribution in [1.82, 2.24) is 19.8 Å². The molecule has 0 spiro atoms. The minimum atomic E-state index is -4.48. The summed E-state index contributed by atoms with van der Waals surface area (Å²) in [7, 11) is 1.53. The van der Waals surface area contributed by atoms with Gasteiger partial charge in [-0.1, -0.05) is 6.92 Å². The molecule has 10 heteroatoms. The Bertz CT molecular complexity index is 1010. The molecule has 1 amide bonds. The Morgan fingerprint density at radius 3 is 2.74 bits per heavy atom. The van der Waals surface area contributed by atoms with E-state index in [1.165, 1.54) is 17.7 Å². The maximum atomic E-state index is 13.9. The fourth-order valence-electron chi connectivity index (χ4n) is 4.74. The number of fused-ring (bicyclic) bond motifs is 1. The van der Waals surface area contributed by atoms with Gasteiger partial charge in [0.15, 0.2) is 0 Å². The molecule has 2 fully saturated rings. The predicted octanol–water partition coefficient (Wildman–Crippen LogP) is 3.69. The zero-order valence-electron chi connectivity index (χ0n) is 20.0. The van der Waals surface area contributed by atoms with E-state index in [1.54, 1.807) is 6.07 Å². The summed E-state index contributed by atoms with van der Waals surface area (Å²) in [5.41, 5.74) is 1.02. The molecule has 2 aromatic rings. The molecule has 2 unspecified atom stereocenters. The van der Waals surface area contributed by atoms with Crippen molar-refractivity contribution in [2.45, 2.75) is 70.4 Å². The molecule has 188 valence electrons. The molecule has 1 saturated carbocycles. The number of nitrogens with zero attached hydrogens (tertiary/aromatic N) is 3. The highest BCUT2D eigenvalue weighted by Gasteiger charge is 2.41. The summed E-state index contributed by atoms with van der Waals surface area (Å²) in [5, 5.41) is 3.70. The van der Waals surface area contributed by atoms with Gasteiger partial charge in [-0.15, -0.1) is 0 Å². The molecule has 7 nitrogen and oxygen atoms in total. The van der Waals surface area contributed by atoms with Crippen molar-refractivity contribution < 1.29 is 27.4 Å². The first-order chi connectivity index (χ1) is 16.3. The molecule has 4 rings (SSSR count). The van der Waals surface area contributed by atoms with E-state index in [1.807, 2.05) is 18.7 Å². The van der Waals surface area contributed by atoms with Crippen LogP contribution in [-0.4, -0.2) is 65.9 Å². The normalized spacial score (nSPS) is 20.0. The van der Waals surface area contributed by atoms with E-state index < -0.39 is 18.0 Å². The Morgan fingerprint density at radius 1 is 1.38 bits per heavy atom. The van der Waals surface area contributed by atoms with E-state index in [9.17, 15) is 18.0 Å². The summed E-state index contributed by atoms with van der Waals surface area (Å²) in [5.74, 6) is -0.0893. The van der Waals surface area contributed by atoms with Gasteiger partial charge in [0.1, 0.15) is 11.8 Å². The molecule has 2 atom stereocenters. The molecule has 1 aliphatic carbocycles. The Labute approximate surface area is 197 Å². The van der Waals surface area contributed by atoms with Gasteiger partial charge in [0.05, 0.1) is 23.9 Å². The van der Waals surface area contributed by atoms with Crippen LogP contribution in [0.15, 0.2) is 12.1 Å². The number of methoxy groups -OCH3 is 1. The first kappa shape index (κ1) is 24.9. The van der Waals surface area contributed by atoms with E-state index in [2.05, 4.69) is 5.32 Å². The molecular formula is C24H33F3N4O3. The van der Waals surface area contributed by atoms with Crippen molar-refractivity contribution in [2.24, 2.45) is 0 Å². The zero-order chi connectivity index (χ0) is 24.5. The fraction of sp³-hybridized carbons (Fsp3) is 0.667. The number of ether oxygens (including phenoxy) is 2. The Kier molecular flexibility index (Phi) is 7.49. The van der Waals surface area contributed by atoms with Crippen LogP contribution in [0, 0.1) is 0 Å². The number of hydrogen-bond donors (Lipinski definition) is 1.